The normalized spacial score (nSPS) is 12.6. The number of carbonyl (C=O) groups is 1. The minimum Gasteiger partial charge on any atom is -0.378 e. The van der Waals surface area contributed by atoms with Crippen LogP contribution in [0.25, 0.3) is 0 Å². The molecule has 0 saturated carbocycles. The Balaban J connectivity index is 3.50. The number of rotatable bonds is 14. The van der Waals surface area contributed by atoms with Crippen molar-refractivity contribution in [3.63, 3.8) is 0 Å². The molecule has 0 N–H and O–H groups in total. The summed E-state index contributed by atoms with van der Waals surface area (Å²) in [6.07, 6.45) is 12.3. The van der Waals surface area contributed by atoms with E-state index in [1.54, 1.807) is 0 Å². The fraction of sp³-hybridized carbons (Fsp3) is 0.938. The lowest BCUT2D eigenvalue weighted by molar-refractivity contribution is -0.119. The van der Waals surface area contributed by atoms with Crippen LogP contribution >= 0.6 is 15.9 Å². The quantitative estimate of drug-likeness (QED) is 0.319. The van der Waals surface area contributed by atoms with Gasteiger partial charge in [0.05, 0.1) is 11.4 Å². The highest BCUT2D eigenvalue weighted by Gasteiger charge is 2.12. The fourth-order valence-electron chi connectivity index (χ4n) is 2.29. The lowest BCUT2D eigenvalue weighted by Gasteiger charge is -2.15. The van der Waals surface area contributed by atoms with Crippen molar-refractivity contribution in [2.75, 3.05) is 11.9 Å². The van der Waals surface area contributed by atoms with Crippen LogP contribution in [0.5, 0.6) is 0 Å². The fourth-order valence-corrected chi connectivity index (χ4v) is 2.52. The van der Waals surface area contributed by atoms with E-state index in [9.17, 15) is 4.79 Å². The summed E-state index contributed by atoms with van der Waals surface area (Å²) >= 11 is 3.21. The third kappa shape index (κ3) is 12.9. The minimum absolute atomic E-state index is 0.134. The first-order valence-corrected chi connectivity index (χ1v) is 9.06. The standard InChI is InChI=1S/C16H31BrO2/c1-3-5-6-7-8-9-10-11-12-16(19-4-2)13-15(18)14-17/h16H,3-14H2,1-2H3. The Morgan fingerprint density at radius 2 is 1.58 bits per heavy atom. The molecule has 114 valence electrons. The van der Waals surface area contributed by atoms with Crippen LogP contribution in [0.2, 0.25) is 0 Å². The van der Waals surface area contributed by atoms with Crippen molar-refractivity contribution >= 4 is 21.7 Å². The van der Waals surface area contributed by atoms with Gasteiger partial charge in [-0.05, 0) is 13.3 Å². The summed E-state index contributed by atoms with van der Waals surface area (Å²) in [5.74, 6) is 0.248. The number of ether oxygens (including phenoxy) is 1. The topological polar surface area (TPSA) is 26.3 Å². The van der Waals surface area contributed by atoms with Crippen molar-refractivity contribution in [3.8, 4) is 0 Å². The van der Waals surface area contributed by atoms with Crippen LogP contribution in [0.3, 0.4) is 0 Å². The Morgan fingerprint density at radius 3 is 2.11 bits per heavy atom. The van der Waals surface area contributed by atoms with Gasteiger partial charge >= 0.3 is 0 Å². The van der Waals surface area contributed by atoms with Crippen LogP contribution in [-0.4, -0.2) is 23.8 Å². The first kappa shape index (κ1) is 19.1. The first-order valence-electron chi connectivity index (χ1n) is 7.93. The summed E-state index contributed by atoms with van der Waals surface area (Å²) in [5, 5.41) is 0.452. The van der Waals surface area contributed by atoms with E-state index in [1.165, 1.54) is 51.4 Å². The molecule has 0 fully saturated rings. The van der Waals surface area contributed by atoms with Crippen molar-refractivity contribution in [2.24, 2.45) is 0 Å². The first-order chi connectivity index (χ1) is 9.24. The van der Waals surface area contributed by atoms with E-state index in [2.05, 4.69) is 22.9 Å². The van der Waals surface area contributed by atoms with E-state index < -0.39 is 0 Å². The predicted molar refractivity (Wildman–Crippen MR) is 86.1 cm³/mol. The zero-order chi connectivity index (χ0) is 14.3. The van der Waals surface area contributed by atoms with Crippen LogP contribution in [-0.2, 0) is 9.53 Å². The number of hydrogen-bond acceptors (Lipinski definition) is 2. The molecule has 0 amide bonds. The highest BCUT2D eigenvalue weighted by atomic mass is 79.9. The summed E-state index contributed by atoms with van der Waals surface area (Å²) in [6.45, 7) is 4.96. The van der Waals surface area contributed by atoms with Gasteiger partial charge in [0.2, 0.25) is 0 Å². The van der Waals surface area contributed by atoms with Gasteiger partial charge in [0.25, 0.3) is 0 Å². The average Bonchev–Trinajstić information content (AvgIpc) is 2.41. The SMILES string of the molecule is CCCCCCCCCCC(CC(=O)CBr)OCC. The molecule has 0 heterocycles. The van der Waals surface area contributed by atoms with Gasteiger partial charge in [0, 0.05) is 13.0 Å². The molecular weight excluding hydrogens is 304 g/mol. The smallest absolute Gasteiger partial charge is 0.145 e. The Kier molecular flexibility index (Phi) is 14.6. The van der Waals surface area contributed by atoms with Gasteiger partial charge in [-0.15, -0.1) is 0 Å². The number of Topliss-reactive ketones (excluding diaryl/α,β-unsaturated/α-hetero) is 1. The molecule has 3 heteroatoms. The van der Waals surface area contributed by atoms with E-state index >= 15 is 0 Å². The lowest BCUT2D eigenvalue weighted by Crippen LogP contribution is -2.18. The van der Waals surface area contributed by atoms with Crippen molar-refractivity contribution < 1.29 is 9.53 Å². The van der Waals surface area contributed by atoms with Crippen LogP contribution < -0.4 is 0 Å². The van der Waals surface area contributed by atoms with E-state index in [-0.39, 0.29) is 11.9 Å². The third-order valence-corrected chi connectivity index (χ3v) is 4.01. The van der Waals surface area contributed by atoms with Gasteiger partial charge in [-0.25, -0.2) is 0 Å². The van der Waals surface area contributed by atoms with Crippen LogP contribution in [0.1, 0.15) is 78.1 Å². The van der Waals surface area contributed by atoms with Gasteiger partial charge in [0.1, 0.15) is 5.78 Å². The molecule has 0 spiro atoms. The highest BCUT2D eigenvalue weighted by molar-refractivity contribution is 9.09. The van der Waals surface area contributed by atoms with E-state index in [0.29, 0.717) is 18.4 Å². The molecule has 19 heavy (non-hydrogen) atoms. The monoisotopic (exact) mass is 334 g/mol. The zero-order valence-corrected chi connectivity index (χ0v) is 14.3. The largest absolute Gasteiger partial charge is 0.378 e. The molecule has 0 aromatic rings. The van der Waals surface area contributed by atoms with E-state index in [4.69, 9.17) is 4.74 Å². The molecule has 0 aliphatic carbocycles. The highest BCUT2D eigenvalue weighted by Crippen LogP contribution is 2.14. The molecule has 1 atom stereocenters. The number of halogens is 1. The number of hydrogen-bond donors (Lipinski definition) is 0. The molecule has 2 nitrogen and oxygen atoms in total. The molecule has 0 radical (unpaired) electrons. The molecule has 0 bridgehead atoms. The van der Waals surface area contributed by atoms with Crippen LogP contribution in [0.15, 0.2) is 0 Å². The second-order valence-corrected chi connectivity index (χ2v) is 5.78. The van der Waals surface area contributed by atoms with E-state index in [1.807, 2.05) is 6.92 Å². The van der Waals surface area contributed by atoms with Gasteiger partial charge < -0.3 is 4.74 Å². The van der Waals surface area contributed by atoms with Crippen molar-refractivity contribution in [1.82, 2.24) is 0 Å². The Bertz CT molecular complexity index is 207. The summed E-state index contributed by atoms with van der Waals surface area (Å²) in [6, 6.07) is 0. The molecule has 0 saturated heterocycles. The maximum Gasteiger partial charge on any atom is 0.145 e. The summed E-state index contributed by atoms with van der Waals surface area (Å²) in [4.78, 5) is 11.4. The number of unbranched alkanes of at least 4 members (excludes halogenated alkanes) is 7. The molecule has 0 aliphatic rings. The molecule has 0 aromatic carbocycles. The second kappa shape index (κ2) is 14.5. The Hall–Kier alpha value is 0.110. The molecule has 1 unspecified atom stereocenters. The Labute approximate surface area is 127 Å². The van der Waals surface area contributed by atoms with Crippen LogP contribution in [0.4, 0.5) is 0 Å². The van der Waals surface area contributed by atoms with Crippen molar-refractivity contribution in [1.29, 1.82) is 0 Å². The van der Waals surface area contributed by atoms with Gasteiger partial charge in [0.15, 0.2) is 0 Å². The predicted octanol–water partition coefficient (Wildman–Crippen LogP) is 5.28. The van der Waals surface area contributed by atoms with E-state index in [0.717, 1.165) is 6.42 Å². The summed E-state index contributed by atoms with van der Waals surface area (Å²) in [5.41, 5.74) is 0. The molecular formula is C16H31BrO2. The lowest BCUT2D eigenvalue weighted by atomic mass is 10.0. The van der Waals surface area contributed by atoms with Crippen LogP contribution in [0, 0.1) is 0 Å². The minimum atomic E-state index is 0.134. The molecule has 0 aliphatic heterocycles. The maximum atomic E-state index is 11.4. The van der Waals surface area contributed by atoms with Gasteiger partial charge in [-0.2, -0.15) is 0 Å². The van der Waals surface area contributed by atoms with Gasteiger partial charge in [-0.1, -0.05) is 74.2 Å². The zero-order valence-electron chi connectivity index (χ0n) is 12.8. The molecule has 0 aromatic heterocycles. The van der Waals surface area contributed by atoms with Crippen molar-refractivity contribution in [2.45, 2.75) is 84.2 Å². The summed E-state index contributed by atoms with van der Waals surface area (Å²) < 4.78 is 5.63. The summed E-state index contributed by atoms with van der Waals surface area (Å²) in [7, 11) is 0. The third-order valence-electron chi connectivity index (χ3n) is 3.39. The maximum absolute atomic E-state index is 11.4. The van der Waals surface area contributed by atoms with Crippen molar-refractivity contribution in [3.05, 3.63) is 0 Å². The average molecular weight is 335 g/mol. The number of carbonyl (C=O) groups excluding carboxylic acids is 1. The van der Waals surface area contributed by atoms with Gasteiger partial charge in [-0.3, -0.25) is 4.79 Å². The number of ketones is 1. The number of alkyl halides is 1. The Morgan fingerprint density at radius 1 is 1.00 bits per heavy atom. The molecule has 0 rings (SSSR count). The second-order valence-electron chi connectivity index (χ2n) is 5.22.